The summed E-state index contributed by atoms with van der Waals surface area (Å²) in [4.78, 5) is 2.46. The largest absolute Gasteiger partial charge is 0.366 e. The van der Waals surface area contributed by atoms with Gasteiger partial charge in [0.05, 0.1) is 0 Å². The summed E-state index contributed by atoms with van der Waals surface area (Å²) in [7, 11) is 1.83. The molecule has 1 unspecified atom stereocenters. The van der Waals surface area contributed by atoms with Gasteiger partial charge in [0.2, 0.25) is 0 Å². The molecular weight excluding hydrogens is 162 g/mol. The quantitative estimate of drug-likeness (QED) is 0.655. The van der Waals surface area contributed by atoms with Gasteiger partial charge in [-0.05, 0) is 26.7 Å². The summed E-state index contributed by atoms with van der Waals surface area (Å²) in [5.41, 5.74) is 0.303. The van der Waals surface area contributed by atoms with Crippen molar-refractivity contribution in [2.45, 2.75) is 52.8 Å². The molecule has 0 saturated carbocycles. The number of rotatable bonds is 2. The molecular formula is C11H23NO. The van der Waals surface area contributed by atoms with Crippen LogP contribution in [0, 0.1) is 5.41 Å². The van der Waals surface area contributed by atoms with Crippen LogP contribution in [0.15, 0.2) is 0 Å². The van der Waals surface area contributed by atoms with Crippen LogP contribution in [0.1, 0.15) is 40.5 Å². The molecule has 1 aliphatic heterocycles. The smallest absolute Gasteiger partial charge is 0.115 e. The number of methoxy groups -OCH3 is 1. The maximum atomic E-state index is 5.61. The molecule has 0 radical (unpaired) electrons. The van der Waals surface area contributed by atoms with E-state index >= 15 is 0 Å². The highest BCUT2D eigenvalue weighted by molar-refractivity contribution is 4.86. The molecule has 0 aliphatic carbocycles. The second kappa shape index (κ2) is 3.97. The van der Waals surface area contributed by atoms with Crippen molar-refractivity contribution in [3.8, 4) is 0 Å². The SMILES string of the molecule is COC1N(C(C)C)CCCC1(C)C. The third kappa shape index (κ3) is 2.23. The normalized spacial score (nSPS) is 29.5. The van der Waals surface area contributed by atoms with Crippen molar-refractivity contribution in [2.75, 3.05) is 13.7 Å². The molecule has 1 fully saturated rings. The standard InChI is InChI=1S/C11H23NO/c1-9(2)12-8-6-7-11(3,4)10(12)13-5/h9-10H,6-8H2,1-5H3. The van der Waals surface area contributed by atoms with Gasteiger partial charge in [-0.25, -0.2) is 0 Å². The van der Waals surface area contributed by atoms with Crippen LogP contribution in [0.25, 0.3) is 0 Å². The maximum absolute atomic E-state index is 5.61. The van der Waals surface area contributed by atoms with E-state index in [-0.39, 0.29) is 0 Å². The van der Waals surface area contributed by atoms with Crippen LogP contribution in [0.2, 0.25) is 0 Å². The van der Waals surface area contributed by atoms with Crippen LogP contribution in [-0.2, 0) is 4.74 Å². The first kappa shape index (κ1) is 11.0. The van der Waals surface area contributed by atoms with Gasteiger partial charge >= 0.3 is 0 Å². The van der Waals surface area contributed by atoms with Crippen LogP contribution in [0.4, 0.5) is 0 Å². The van der Waals surface area contributed by atoms with Crippen LogP contribution < -0.4 is 0 Å². The second-order valence-electron chi connectivity index (χ2n) is 5.01. The Morgan fingerprint density at radius 1 is 1.38 bits per heavy atom. The van der Waals surface area contributed by atoms with E-state index in [0.717, 1.165) is 0 Å². The van der Waals surface area contributed by atoms with Crippen molar-refractivity contribution in [1.29, 1.82) is 0 Å². The lowest BCUT2D eigenvalue weighted by atomic mass is 9.81. The highest BCUT2D eigenvalue weighted by Gasteiger charge is 2.38. The van der Waals surface area contributed by atoms with Gasteiger partial charge in [-0.1, -0.05) is 13.8 Å². The lowest BCUT2D eigenvalue weighted by Gasteiger charge is -2.47. The van der Waals surface area contributed by atoms with Crippen molar-refractivity contribution >= 4 is 0 Å². The minimum absolute atomic E-state index is 0.293. The summed E-state index contributed by atoms with van der Waals surface area (Å²) < 4.78 is 5.61. The van der Waals surface area contributed by atoms with E-state index in [9.17, 15) is 0 Å². The average Bonchev–Trinajstić information content (AvgIpc) is 2.02. The second-order valence-corrected chi connectivity index (χ2v) is 5.01. The topological polar surface area (TPSA) is 12.5 Å². The maximum Gasteiger partial charge on any atom is 0.115 e. The van der Waals surface area contributed by atoms with Crippen LogP contribution >= 0.6 is 0 Å². The lowest BCUT2D eigenvalue weighted by molar-refractivity contribution is -0.140. The zero-order valence-corrected chi connectivity index (χ0v) is 9.63. The molecule has 1 aliphatic rings. The van der Waals surface area contributed by atoms with E-state index in [1.165, 1.54) is 19.4 Å². The fraction of sp³-hybridized carbons (Fsp3) is 1.00. The molecule has 13 heavy (non-hydrogen) atoms. The fourth-order valence-electron chi connectivity index (χ4n) is 2.39. The Balaban J connectivity index is 2.74. The number of piperidine rings is 1. The Bertz CT molecular complexity index is 165. The molecule has 0 N–H and O–H groups in total. The monoisotopic (exact) mass is 185 g/mol. The highest BCUT2D eigenvalue weighted by Crippen LogP contribution is 2.36. The molecule has 0 spiro atoms. The van der Waals surface area contributed by atoms with E-state index in [2.05, 4.69) is 32.6 Å². The molecule has 1 atom stereocenters. The zero-order chi connectivity index (χ0) is 10.1. The first-order valence-electron chi connectivity index (χ1n) is 5.27. The zero-order valence-electron chi connectivity index (χ0n) is 9.63. The van der Waals surface area contributed by atoms with Crippen LogP contribution in [-0.4, -0.2) is 30.8 Å². The van der Waals surface area contributed by atoms with Gasteiger partial charge in [-0.3, -0.25) is 4.90 Å². The third-order valence-electron chi connectivity index (χ3n) is 3.09. The van der Waals surface area contributed by atoms with Crippen molar-refractivity contribution in [2.24, 2.45) is 5.41 Å². The van der Waals surface area contributed by atoms with Crippen LogP contribution in [0.5, 0.6) is 0 Å². The van der Waals surface area contributed by atoms with Gasteiger partial charge in [0.15, 0.2) is 0 Å². The first-order valence-corrected chi connectivity index (χ1v) is 5.27. The Morgan fingerprint density at radius 3 is 2.38 bits per heavy atom. The van der Waals surface area contributed by atoms with Crippen LogP contribution in [0.3, 0.4) is 0 Å². The number of hydrogen-bond donors (Lipinski definition) is 0. The summed E-state index contributed by atoms with van der Waals surface area (Å²) >= 11 is 0. The molecule has 0 aromatic heterocycles. The molecule has 0 aromatic carbocycles. The van der Waals surface area contributed by atoms with Gasteiger partial charge in [0.1, 0.15) is 6.23 Å². The number of nitrogens with zero attached hydrogens (tertiary/aromatic N) is 1. The molecule has 1 heterocycles. The minimum atomic E-state index is 0.293. The Kier molecular flexibility index (Phi) is 3.36. The fourth-order valence-corrected chi connectivity index (χ4v) is 2.39. The third-order valence-corrected chi connectivity index (χ3v) is 3.09. The number of hydrogen-bond acceptors (Lipinski definition) is 2. The minimum Gasteiger partial charge on any atom is -0.366 e. The molecule has 0 amide bonds. The summed E-state index contributed by atoms with van der Waals surface area (Å²) in [6.45, 7) is 10.3. The van der Waals surface area contributed by atoms with Gasteiger partial charge in [-0.15, -0.1) is 0 Å². The predicted octanol–water partition coefficient (Wildman–Crippen LogP) is 2.49. The van der Waals surface area contributed by atoms with Crippen molar-refractivity contribution in [3.63, 3.8) is 0 Å². The van der Waals surface area contributed by atoms with E-state index in [0.29, 0.717) is 17.7 Å². The summed E-state index contributed by atoms with van der Waals surface area (Å²) in [6, 6.07) is 0.588. The lowest BCUT2D eigenvalue weighted by Crippen LogP contribution is -2.53. The van der Waals surface area contributed by atoms with E-state index in [4.69, 9.17) is 4.74 Å². The highest BCUT2D eigenvalue weighted by atomic mass is 16.5. The molecule has 2 nitrogen and oxygen atoms in total. The van der Waals surface area contributed by atoms with Crippen molar-refractivity contribution in [3.05, 3.63) is 0 Å². The molecule has 2 heteroatoms. The van der Waals surface area contributed by atoms with Gasteiger partial charge in [-0.2, -0.15) is 0 Å². The van der Waals surface area contributed by atoms with E-state index in [1.807, 2.05) is 7.11 Å². The van der Waals surface area contributed by atoms with E-state index < -0.39 is 0 Å². The van der Waals surface area contributed by atoms with E-state index in [1.54, 1.807) is 0 Å². The van der Waals surface area contributed by atoms with Crippen molar-refractivity contribution in [1.82, 2.24) is 4.90 Å². The van der Waals surface area contributed by atoms with Gasteiger partial charge in [0.25, 0.3) is 0 Å². The summed E-state index contributed by atoms with van der Waals surface area (Å²) in [5, 5.41) is 0. The number of likely N-dealkylation sites (tertiary alicyclic amines) is 1. The molecule has 0 bridgehead atoms. The van der Waals surface area contributed by atoms with Gasteiger partial charge < -0.3 is 4.74 Å². The molecule has 1 rings (SSSR count). The Hall–Kier alpha value is -0.0800. The molecule has 1 saturated heterocycles. The average molecular weight is 185 g/mol. The Morgan fingerprint density at radius 2 is 2.00 bits per heavy atom. The number of ether oxygens (including phenoxy) is 1. The predicted molar refractivity (Wildman–Crippen MR) is 55.7 cm³/mol. The van der Waals surface area contributed by atoms with Crippen molar-refractivity contribution < 1.29 is 4.74 Å². The summed E-state index contributed by atoms with van der Waals surface area (Å²) in [6.07, 6.45) is 2.86. The first-order chi connectivity index (χ1) is 5.99. The molecule has 78 valence electrons. The summed E-state index contributed by atoms with van der Waals surface area (Å²) in [5.74, 6) is 0. The molecule has 0 aromatic rings. The Labute approximate surface area is 82.3 Å². The van der Waals surface area contributed by atoms with Gasteiger partial charge in [0, 0.05) is 25.1 Å².